The second-order valence-corrected chi connectivity index (χ2v) is 13.3. The number of nitrogens with zero attached hydrogens (tertiary/aromatic N) is 1. The maximum atomic E-state index is 6.67. The molecule has 0 N–H and O–H groups in total. The van der Waals surface area contributed by atoms with Crippen LogP contribution in [0.15, 0.2) is 205 Å². The summed E-state index contributed by atoms with van der Waals surface area (Å²) in [4.78, 5) is 2.37. The van der Waals surface area contributed by atoms with Crippen LogP contribution in [-0.2, 0) is 0 Å². The van der Waals surface area contributed by atoms with Crippen molar-refractivity contribution in [3.05, 3.63) is 200 Å². The Kier molecular flexibility index (Phi) is 7.18. The molecule has 0 saturated carbocycles. The fourth-order valence-corrected chi connectivity index (χ4v) is 7.84. The minimum atomic E-state index is 0.866. The monoisotopic (exact) mass is 663 g/mol. The standard InChI is InChI=1S/C50H33NO/c1-2-15-36(16-3-1)49-45-25-10-11-27-48(45)52-50(49)38-19-12-20-40(32-38)51(47-26-13-18-34-14-4-7-22-42(34)47)39-30-28-35(29-31-39)46-33-37-17-5-6-21-41(37)43-23-8-9-24-44(43)46/h1-33H. The number of rotatable bonds is 6. The molecule has 0 aliphatic rings. The van der Waals surface area contributed by atoms with Gasteiger partial charge in [0.1, 0.15) is 11.3 Å². The maximum Gasteiger partial charge on any atom is 0.143 e. The molecule has 1 aromatic heterocycles. The van der Waals surface area contributed by atoms with Crippen LogP contribution in [0.25, 0.3) is 76.9 Å². The second-order valence-electron chi connectivity index (χ2n) is 13.3. The molecule has 10 rings (SSSR count). The molecule has 1 heterocycles. The van der Waals surface area contributed by atoms with E-state index in [-0.39, 0.29) is 0 Å². The minimum absolute atomic E-state index is 0.866. The van der Waals surface area contributed by atoms with Gasteiger partial charge in [-0.25, -0.2) is 0 Å². The van der Waals surface area contributed by atoms with Crippen molar-refractivity contribution >= 4 is 60.3 Å². The molecular formula is C50H33NO. The summed E-state index contributed by atoms with van der Waals surface area (Å²) in [6.07, 6.45) is 0. The highest BCUT2D eigenvalue weighted by molar-refractivity contribution is 6.14. The van der Waals surface area contributed by atoms with Gasteiger partial charge in [-0.05, 0) is 86.1 Å². The number of para-hydroxylation sites is 1. The molecule has 9 aromatic carbocycles. The van der Waals surface area contributed by atoms with Gasteiger partial charge in [-0.15, -0.1) is 0 Å². The third-order valence-electron chi connectivity index (χ3n) is 10.2. The lowest BCUT2D eigenvalue weighted by Gasteiger charge is -2.27. The molecule has 0 unspecified atom stereocenters. The van der Waals surface area contributed by atoms with Crippen LogP contribution in [0, 0.1) is 0 Å². The largest absolute Gasteiger partial charge is 0.455 e. The van der Waals surface area contributed by atoms with E-state index in [9.17, 15) is 0 Å². The Hall–Kier alpha value is -6.90. The molecule has 0 fully saturated rings. The molecule has 0 saturated heterocycles. The Bertz CT molecular complexity index is 2900. The summed E-state index contributed by atoms with van der Waals surface area (Å²) in [7, 11) is 0. The molecule has 52 heavy (non-hydrogen) atoms. The molecule has 2 heteroatoms. The average molecular weight is 664 g/mol. The lowest BCUT2D eigenvalue weighted by Crippen LogP contribution is -2.10. The first-order chi connectivity index (χ1) is 25.8. The summed E-state index contributed by atoms with van der Waals surface area (Å²) in [6.45, 7) is 0. The molecule has 0 atom stereocenters. The first kappa shape index (κ1) is 30.0. The molecule has 2 nitrogen and oxygen atoms in total. The molecule has 0 aliphatic carbocycles. The molecule has 10 aromatic rings. The average Bonchev–Trinajstić information content (AvgIpc) is 3.61. The number of furan rings is 1. The van der Waals surface area contributed by atoms with Crippen LogP contribution in [0.3, 0.4) is 0 Å². The van der Waals surface area contributed by atoms with Gasteiger partial charge in [0.05, 0.1) is 5.69 Å². The summed E-state index contributed by atoms with van der Waals surface area (Å²) in [5.74, 6) is 0.866. The molecule has 0 bridgehead atoms. The van der Waals surface area contributed by atoms with E-state index in [4.69, 9.17) is 4.42 Å². The number of hydrogen-bond donors (Lipinski definition) is 0. The van der Waals surface area contributed by atoms with E-state index in [1.54, 1.807) is 0 Å². The highest BCUT2D eigenvalue weighted by atomic mass is 16.3. The van der Waals surface area contributed by atoms with Gasteiger partial charge < -0.3 is 9.32 Å². The van der Waals surface area contributed by atoms with Gasteiger partial charge in [0, 0.05) is 33.3 Å². The highest BCUT2D eigenvalue weighted by Gasteiger charge is 2.21. The van der Waals surface area contributed by atoms with E-state index in [0.29, 0.717) is 0 Å². The van der Waals surface area contributed by atoms with E-state index >= 15 is 0 Å². The van der Waals surface area contributed by atoms with Gasteiger partial charge in [0.2, 0.25) is 0 Å². The Morgan fingerprint density at radius 3 is 1.79 bits per heavy atom. The zero-order chi connectivity index (χ0) is 34.4. The number of anilines is 3. The number of fused-ring (bicyclic) bond motifs is 5. The quantitative estimate of drug-likeness (QED) is 0.165. The number of hydrogen-bond acceptors (Lipinski definition) is 2. The first-order valence-corrected chi connectivity index (χ1v) is 17.8. The number of benzene rings is 9. The minimum Gasteiger partial charge on any atom is -0.455 e. The van der Waals surface area contributed by atoms with Crippen molar-refractivity contribution in [3.8, 4) is 33.6 Å². The van der Waals surface area contributed by atoms with Gasteiger partial charge in [-0.2, -0.15) is 0 Å². The van der Waals surface area contributed by atoms with E-state index < -0.39 is 0 Å². The molecule has 0 spiro atoms. The lowest BCUT2D eigenvalue weighted by atomic mass is 9.93. The summed E-state index contributed by atoms with van der Waals surface area (Å²) in [6, 6.07) is 71.6. The first-order valence-electron chi connectivity index (χ1n) is 17.8. The van der Waals surface area contributed by atoms with Crippen LogP contribution in [-0.4, -0.2) is 0 Å². The molecule has 0 amide bonds. The topological polar surface area (TPSA) is 16.4 Å². The molecule has 0 radical (unpaired) electrons. The predicted molar refractivity (Wildman–Crippen MR) is 220 cm³/mol. The van der Waals surface area contributed by atoms with Gasteiger partial charge in [0.15, 0.2) is 0 Å². The Morgan fingerprint density at radius 1 is 0.346 bits per heavy atom. The third kappa shape index (κ3) is 5.04. The van der Waals surface area contributed by atoms with Crippen molar-refractivity contribution in [3.63, 3.8) is 0 Å². The van der Waals surface area contributed by atoms with Gasteiger partial charge >= 0.3 is 0 Å². The van der Waals surface area contributed by atoms with E-state index in [1.165, 1.54) is 43.4 Å². The van der Waals surface area contributed by atoms with Crippen LogP contribution in [0.5, 0.6) is 0 Å². The highest BCUT2D eigenvalue weighted by Crippen LogP contribution is 2.45. The van der Waals surface area contributed by atoms with E-state index in [1.807, 2.05) is 6.07 Å². The van der Waals surface area contributed by atoms with Gasteiger partial charge in [-0.1, -0.05) is 158 Å². The molecule has 0 aliphatic heterocycles. The Labute approximate surface area is 302 Å². The second kappa shape index (κ2) is 12.5. The zero-order valence-corrected chi connectivity index (χ0v) is 28.4. The molecule has 244 valence electrons. The van der Waals surface area contributed by atoms with Crippen molar-refractivity contribution in [2.24, 2.45) is 0 Å². The van der Waals surface area contributed by atoms with Gasteiger partial charge in [-0.3, -0.25) is 0 Å². The smallest absolute Gasteiger partial charge is 0.143 e. The normalized spacial score (nSPS) is 11.5. The van der Waals surface area contributed by atoms with Crippen LogP contribution < -0.4 is 4.90 Å². The summed E-state index contributed by atoms with van der Waals surface area (Å²) in [5.41, 5.74) is 9.82. The Morgan fingerprint density at radius 2 is 0.962 bits per heavy atom. The third-order valence-corrected chi connectivity index (χ3v) is 10.2. The van der Waals surface area contributed by atoms with Crippen LogP contribution in [0.4, 0.5) is 17.1 Å². The van der Waals surface area contributed by atoms with E-state index in [0.717, 1.165) is 50.5 Å². The summed E-state index contributed by atoms with van der Waals surface area (Å²) < 4.78 is 6.67. The van der Waals surface area contributed by atoms with Crippen molar-refractivity contribution < 1.29 is 4.42 Å². The SMILES string of the molecule is c1ccc(-c2c(-c3cccc(N(c4ccc(-c5cc6ccccc6c6ccccc56)cc4)c4cccc5ccccc45)c3)oc3ccccc23)cc1. The summed E-state index contributed by atoms with van der Waals surface area (Å²) in [5, 5.41) is 8.55. The maximum absolute atomic E-state index is 6.67. The summed E-state index contributed by atoms with van der Waals surface area (Å²) >= 11 is 0. The Balaban J connectivity index is 1.15. The van der Waals surface area contributed by atoms with Crippen molar-refractivity contribution in [2.45, 2.75) is 0 Å². The van der Waals surface area contributed by atoms with Crippen molar-refractivity contribution in [1.29, 1.82) is 0 Å². The fraction of sp³-hybridized carbons (Fsp3) is 0. The van der Waals surface area contributed by atoms with Crippen molar-refractivity contribution in [1.82, 2.24) is 0 Å². The van der Waals surface area contributed by atoms with Crippen molar-refractivity contribution in [2.75, 3.05) is 4.90 Å². The van der Waals surface area contributed by atoms with Gasteiger partial charge in [0.25, 0.3) is 0 Å². The van der Waals surface area contributed by atoms with Crippen LogP contribution in [0.1, 0.15) is 0 Å². The van der Waals surface area contributed by atoms with Crippen LogP contribution in [0.2, 0.25) is 0 Å². The predicted octanol–water partition coefficient (Wildman–Crippen LogP) is 14.4. The van der Waals surface area contributed by atoms with E-state index in [2.05, 4.69) is 199 Å². The fourth-order valence-electron chi connectivity index (χ4n) is 7.84. The molecular weight excluding hydrogens is 631 g/mol. The van der Waals surface area contributed by atoms with Crippen LogP contribution >= 0.6 is 0 Å². The zero-order valence-electron chi connectivity index (χ0n) is 28.4. The lowest BCUT2D eigenvalue weighted by molar-refractivity contribution is 0.632.